The van der Waals surface area contributed by atoms with Crippen molar-refractivity contribution in [3.05, 3.63) is 0 Å². The Balaban J connectivity index is 4.48. The van der Waals surface area contributed by atoms with Gasteiger partial charge in [-0.25, -0.2) is 13.1 Å². The van der Waals surface area contributed by atoms with Crippen molar-refractivity contribution in [3.63, 3.8) is 0 Å². The molecule has 0 radical (unpaired) electrons. The van der Waals surface area contributed by atoms with E-state index >= 15 is 0 Å². The summed E-state index contributed by atoms with van der Waals surface area (Å²) in [6.45, 7) is 11.3. The second-order valence-corrected chi connectivity index (χ2v) is 7.07. The first-order valence-electron chi connectivity index (χ1n) is 4.58. The number of nitrogens with one attached hydrogen (secondary N) is 1. The second kappa shape index (κ2) is 3.96. The number of rotatable bonds is 3. The monoisotopic (exact) mass is 207 g/mol. The molecule has 0 aliphatic heterocycles. The Kier molecular flexibility index (Phi) is 3.94. The zero-order valence-corrected chi connectivity index (χ0v) is 10.2. The zero-order chi connectivity index (χ0) is 10.9. The van der Waals surface area contributed by atoms with Crippen LogP contribution in [-0.4, -0.2) is 19.7 Å². The van der Waals surface area contributed by atoms with Crippen LogP contribution in [0.4, 0.5) is 0 Å². The van der Waals surface area contributed by atoms with Gasteiger partial charge in [0.25, 0.3) is 0 Å². The average Bonchev–Trinajstić information content (AvgIpc) is 1.83. The minimum Gasteiger partial charge on any atom is -0.212 e. The van der Waals surface area contributed by atoms with Crippen LogP contribution in [0.2, 0.25) is 0 Å². The van der Waals surface area contributed by atoms with E-state index in [0.717, 1.165) is 0 Å². The summed E-state index contributed by atoms with van der Waals surface area (Å²) in [6, 6.07) is -0.0418. The Labute approximate surface area is 82.0 Å². The maximum Gasteiger partial charge on any atom is 0.214 e. The molecule has 0 amide bonds. The summed E-state index contributed by atoms with van der Waals surface area (Å²) >= 11 is 0. The highest BCUT2D eigenvalue weighted by molar-refractivity contribution is 7.90. The third-order valence-electron chi connectivity index (χ3n) is 2.26. The molecule has 0 saturated carbocycles. The van der Waals surface area contributed by atoms with Gasteiger partial charge in [0.05, 0.1) is 5.25 Å². The Morgan fingerprint density at radius 2 is 1.46 bits per heavy atom. The molecule has 0 aliphatic rings. The molecule has 4 heteroatoms. The molecule has 13 heavy (non-hydrogen) atoms. The molecule has 1 unspecified atom stereocenters. The van der Waals surface area contributed by atoms with Crippen LogP contribution in [-0.2, 0) is 10.0 Å². The van der Waals surface area contributed by atoms with Gasteiger partial charge in [0, 0.05) is 6.04 Å². The first-order valence-corrected chi connectivity index (χ1v) is 6.13. The first-order chi connectivity index (χ1) is 5.57. The lowest BCUT2D eigenvalue weighted by atomic mass is 9.89. The van der Waals surface area contributed by atoms with Crippen molar-refractivity contribution in [1.82, 2.24) is 4.72 Å². The van der Waals surface area contributed by atoms with Crippen LogP contribution in [0, 0.1) is 5.41 Å². The predicted octanol–water partition coefficient (Wildman–Crippen LogP) is 1.75. The molecule has 0 aromatic heterocycles. The van der Waals surface area contributed by atoms with Crippen molar-refractivity contribution < 1.29 is 8.42 Å². The van der Waals surface area contributed by atoms with E-state index in [-0.39, 0.29) is 16.7 Å². The van der Waals surface area contributed by atoms with Gasteiger partial charge < -0.3 is 0 Å². The first kappa shape index (κ1) is 12.9. The molecule has 0 aromatic carbocycles. The third-order valence-corrected chi connectivity index (χ3v) is 4.18. The van der Waals surface area contributed by atoms with Gasteiger partial charge in [-0.2, -0.15) is 0 Å². The van der Waals surface area contributed by atoms with E-state index < -0.39 is 10.0 Å². The van der Waals surface area contributed by atoms with E-state index in [1.807, 2.05) is 27.7 Å². The van der Waals surface area contributed by atoms with Crippen molar-refractivity contribution in [1.29, 1.82) is 0 Å². The third kappa shape index (κ3) is 4.09. The quantitative estimate of drug-likeness (QED) is 0.766. The predicted molar refractivity (Wildman–Crippen MR) is 56.1 cm³/mol. The maximum atomic E-state index is 11.5. The average molecular weight is 207 g/mol. The van der Waals surface area contributed by atoms with Crippen molar-refractivity contribution in [3.8, 4) is 0 Å². The lowest BCUT2D eigenvalue weighted by molar-refractivity contribution is 0.317. The summed E-state index contributed by atoms with van der Waals surface area (Å²) in [5.74, 6) is 0. The SMILES string of the molecule is CC(NS(=O)(=O)C(C)C)C(C)(C)C. The standard InChI is InChI=1S/C9H21NO2S/c1-7(2)13(11,12)10-8(3)9(4,5)6/h7-8,10H,1-6H3. The summed E-state index contributed by atoms with van der Waals surface area (Å²) < 4.78 is 25.6. The largest absolute Gasteiger partial charge is 0.214 e. The lowest BCUT2D eigenvalue weighted by Crippen LogP contribution is -2.44. The van der Waals surface area contributed by atoms with Crippen LogP contribution in [0.5, 0.6) is 0 Å². The van der Waals surface area contributed by atoms with Gasteiger partial charge in [-0.15, -0.1) is 0 Å². The van der Waals surface area contributed by atoms with Crippen molar-refractivity contribution in [2.75, 3.05) is 0 Å². The number of hydrogen-bond donors (Lipinski definition) is 1. The van der Waals surface area contributed by atoms with Gasteiger partial charge >= 0.3 is 0 Å². The number of hydrogen-bond acceptors (Lipinski definition) is 2. The van der Waals surface area contributed by atoms with E-state index in [4.69, 9.17) is 0 Å². The van der Waals surface area contributed by atoms with Crippen molar-refractivity contribution >= 4 is 10.0 Å². The molecule has 0 aromatic rings. The fraction of sp³-hybridized carbons (Fsp3) is 1.00. The van der Waals surface area contributed by atoms with Gasteiger partial charge in [0.15, 0.2) is 0 Å². The van der Waals surface area contributed by atoms with Gasteiger partial charge in [-0.1, -0.05) is 20.8 Å². The molecule has 0 spiro atoms. The van der Waals surface area contributed by atoms with Gasteiger partial charge in [-0.3, -0.25) is 0 Å². The molecule has 0 heterocycles. The van der Waals surface area contributed by atoms with Crippen LogP contribution < -0.4 is 4.72 Å². The van der Waals surface area contributed by atoms with Crippen LogP contribution in [0.1, 0.15) is 41.5 Å². The molecule has 1 atom stereocenters. The normalized spacial score (nSPS) is 16.2. The molecule has 1 N–H and O–H groups in total. The highest BCUT2D eigenvalue weighted by Gasteiger charge is 2.26. The van der Waals surface area contributed by atoms with Crippen LogP contribution >= 0.6 is 0 Å². The molecular weight excluding hydrogens is 186 g/mol. The summed E-state index contributed by atoms with van der Waals surface area (Å²) in [7, 11) is -3.13. The Morgan fingerprint density at radius 1 is 1.08 bits per heavy atom. The summed E-state index contributed by atoms with van der Waals surface area (Å²) in [4.78, 5) is 0. The zero-order valence-electron chi connectivity index (χ0n) is 9.38. The van der Waals surface area contributed by atoms with Crippen LogP contribution in [0.3, 0.4) is 0 Å². The fourth-order valence-corrected chi connectivity index (χ4v) is 1.68. The van der Waals surface area contributed by atoms with E-state index in [2.05, 4.69) is 4.72 Å². The molecule has 0 fully saturated rings. The van der Waals surface area contributed by atoms with Gasteiger partial charge in [0.2, 0.25) is 10.0 Å². The highest BCUT2D eigenvalue weighted by atomic mass is 32.2. The minimum absolute atomic E-state index is 0.0397. The van der Waals surface area contributed by atoms with E-state index in [1.54, 1.807) is 13.8 Å². The van der Waals surface area contributed by atoms with Crippen LogP contribution in [0.15, 0.2) is 0 Å². The van der Waals surface area contributed by atoms with E-state index in [1.165, 1.54) is 0 Å². The minimum atomic E-state index is -3.13. The Morgan fingerprint density at radius 3 is 1.69 bits per heavy atom. The Bertz CT molecular complexity index is 249. The Hall–Kier alpha value is -0.0900. The molecular formula is C9H21NO2S. The highest BCUT2D eigenvalue weighted by Crippen LogP contribution is 2.19. The van der Waals surface area contributed by atoms with Crippen LogP contribution in [0.25, 0.3) is 0 Å². The topological polar surface area (TPSA) is 46.2 Å². The molecule has 0 bridgehead atoms. The fourth-order valence-electron chi connectivity index (χ4n) is 0.559. The van der Waals surface area contributed by atoms with Gasteiger partial charge in [0.1, 0.15) is 0 Å². The lowest BCUT2D eigenvalue weighted by Gasteiger charge is -2.28. The summed E-state index contributed by atoms with van der Waals surface area (Å²) in [6.07, 6.45) is 0. The molecule has 0 rings (SSSR count). The molecule has 3 nitrogen and oxygen atoms in total. The van der Waals surface area contributed by atoms with E-state index in [0.29, 0.717) is 0 Å². The van der Waals surface area contributed by atoms with Gasteiger partial charge in [-0.05, 0) is 26.2 Å². The second-order valence-electron chi connectivity index (χ2n) is 4.80. The number of sulfonamides is 1. The van der Waals surface area contributed by atoms with Crippen molar-refractivity contribution in [2.45, 2.75) is 52.8 Å². The van der Waals surface area contributed by atoms with E-state index in [9.17, 15) is 8.42 Å². The molecule has 0 aliphatic carbocycles. The van der Waals surface area contributed by atoms with Crippen molar-refractivity contribution in [2.24, 2.45) is 5.41 Å². The molecule has 0 saturated heterocycles. The smallest absolute Gasteiger partial charge is 0.212 e. The summed E-state index contributed by atoms with van der Waals surface area (Å²) in [5.41, 5.74) is -0.0397. The maximum absolute atomic E-state index is 11.5. The molecule has 80 valence electrons. The summed E-state index contributed by atoms with van der Waals surface area (Å²) in [5, 5.41) is -0.364.